The summed E-state index contributed by atoms with van der Waals surface area (Å²) in [5.74, 6) is 1.13. The molecule has 0 aromatic heterocycles. The number of aliphatic imine (C=N–C) groups is 1. The van der Waals surface area contributed by atoms with Gasteiger partial charge in [-0.1, -0.05) is 6.92 Å². The number of hydrogen-bond acceptors (Lipinski definition) is 2. The first-order chi connectivity index (χ1) is 7.46. The van der Waals surface area contributed by atoms with Crippen molar-refractivity contribution < 1.29 is 0 Å². The van der Waals surface area contributed by atoms with Crippen LogP contribution in [0.2, 0.25) is 0 Å². The molecule has 92 valence electrons. The zero-order chi connectivity index (χ0) is 11.9. The number of likely N-dealkylation sites (N-methyl/N-ethyl adjacent to an activating group) is 2. The quantitative estimate of drug-likeness (QED) is 0.653. The maximum atomic E-state index is 4.81. The third kappa shape index (κ3) is 1.92. The van der Waals surface area contributed by atoms with Gasteiger partial charge in [0.2, 0.25) is 0 Å². The van der Waals surface area contributed by atoms with Gasteiger partial charge in [0.15, 0.2) is 5.96 Å². The molecular formula is C12H23N3S. The topological polar surface area (TPSA) is 18.8 Å². The molecule has 1 aliphatic carbocycles. The van der Waals surface area contributed by atoms with Crippen molar-refractivity contribution in [1.82, 2.24) is 9.80 Å². The van der Waals surface area contributed by atoms with Gasteiger partial charge in [-0.15, -0.1) is 0 Å². The van der Waals surface area contributed by atoms with Crippen molar-refractivity contribution in [1.29, 1.82) is 0 Å². The van der Waals surface area contributed by atoms with Crippen molar-refractivity contribution in [2.24, 2.45) is 4.99 Å². The summed E-state index contributed by atoms with van der Waals surface area (Å²) in [5, 5.41) is 0. The van der Waals surface area contributed by atoms with E-state index in [0.717, 1.165) is 12.4 Å². The zero-order valence-electron chi connectivity index (χ0n) is 10.8. The highest BCUT2D eigenvalue weighted by molar-refractivity contribution is 7.81. The number of nitrogens with zero attached hydrogens (tertiary/aromatic N) is 3. The fourth-order valence-electron chi connectivity index (χ4n) is 3.28. The molecule has 2 aliphatic rings. The van der Waals surface area contributed by atoms with Gasteiger partial charge in [-0.05, 0) is 25.7 Å². The van der Waals surface area contributed by atoms with Crippen LogP contribution < -0.4 is 0 Å². The van der Waals surface area contributed by atoms with Crippen LogP contribution in [-0.4, -0.2) is 53.7 Å². The van der Waals surface area contributed by atoms with Gasteiger partial charge in [0, 0.05) is 25.9 Å². The second-order valence-electron chi connectivity index (χ2n) is 5.47. The van der Waals surface area contributed by atoms with Gasteiger partial charge in [0.05, 0.1) is 12.1 Å². The molecule has 0 spiro atoms. The summed E-state index contributed by atoms with van der Waals surface area (Å²) in [5.41, 5.74) is 0. The van der Waals surface area contributed by atoms with Gasteiger partial charge in [0.25, 0.3) is 0 Å². The van der Waals surface area contributed by atoms with Crippen molar-refractivity contribution in [3.8, 4) is 0 Å². The molecule has 0 radical (unpaired) electrons. The van der Waals surface area contributed by atoms with Crippen LogP contribution >= 0.6 is 12.6 Å². The van der Waals surface area contributed by atoms with Crippen molar-refractivity contribution >= 4 is 18.6 Å². The highest BCUT2D eigenvalue weighted by Gasteiger charge is 2.44. The fourth-order valence-corrected chi connectivity index (χ4v) is 3.63. The number of rotatable bonds is 0. The van der Waals surface area contributed by atoms with E-state index in [1.54, 1.807) is 0 Å². The van der Waals surface area contributed by atoms with Gasteiger partial charge in [-0.2, -0.15) is 12.6 Å². The van der Waals surface area contributed by atoms with Gasteiger partial charge in [0.1, 0.15) is 0 Å². The van der Waals surface area contributed by atoms with Crippen LogP contribution in [0.1, 0.15) is 32.6 Å². The maximum absolute atomic E-state index is 4.81. The molecule has 1 saturated heterocycles. The van der Waals surface area contributed by atoms with Crippen LogP contribution in [0.3, 0.4) is 0 Å². The summed E-state index contributed by atoms with van der Waals surface area (Å²) in [7, 11) is 6.22. The van der Waals surface area contributed by atoms with E-state index >= 15 is 0 Å². The molecule has 4 heteroatoms. The molecular weight excluding hydrogens is 218 g/mol. The van der Waals surface area contributed by atoms with Gasteiger partial charge in [-0.3, -0.25) is 4.99 Å². The lowest BCUT2D eigenvalue weighted by Crippen LogP contribution is -2.37. The lowest BCUT2D eigenvalue weighted by molar-refractivity contribution is 0.283. The van der Waals surface area contributed by atoms with E-state index < -0.39 is 0 Å². The second kappa shape index (κ2) is 4.13. The molecule has 3 atom stereocenters. The minimum atomic E-state index is 0.178. The van der Waals surface area contributed by atoms with Crippen LogP contribution in [-0.2, 0) is 0 Å². The van der Waals surface area contributed by atoms with Crippen LogP contribution in [0, 0.1) is 0 Å². The summed E-state index contributed by atoms with van der Waals surface area (Å²) in [6.07, 6.45) is 4.92. The van der Waals surface area contributed by atoms with E-state index in [9.17, 15) is 0 Å². The normalized spacial score (nSPS) is 42.4. The molecule has 0 aromatic carbocycles. The number of thiol groups is 1. The molecule has 0 amide bonds. The fraction of sp³-hybridized carbons (Fsp3) is 0.917. The van der Waals surface area contributed by atoms with Gasteiger partial charge in [-0.25, -0.2) is 0 Å². The predicted octanol–water partition coefficient (Wildman–Crippen LogP) is 1.85. The van der Waals surface area contributed by atoms with Gasteiger partial charge >= 0.3 is 0 Å². The molecule has 1 aliphatic heterocycles. The van der Waals surface area contributed by atoms with E-state index in [1.165, 1.54) is 19.3 Å². The van der Waals surface area contributed by atoms with E-state index in [1.807, 2.05) is 7.05 Å². The molecule has 1 heterocycles. The van der Waals surface area contributed by atoms with Crippen molar-refractivity contribution in [2.45, 2.75) is 49.4 Å². The monoisotopic (exact) mass is 241 g/mol. The first kappa shape index (κ1) is 12.1. The second-order valence-corrected chi connectivity index (χ2v) is 6.55. The van der Waals surface area contributed by atoms with Crippen LogP contribution in [0.15, 0.2) is 4.99 Å². The van der Waals surface area contributed by atoms with Crippen LogP contribution in [0.5, 0.6) is 0 Å². The Balaban J connectivity index is 2.26. The molecule has 0 bridgehead atoms. The number of guanidine groups is 1. The van der Waals surface area contributed by atoms with Crippen LogP contribution in [0.25, 0.3) is 0 Å². The van der Waals surface area contributed by atoms with E-state index in [2.05, 4.69) is 35.8 Å². The highest BCUT2D eigenvalue weighted by Crippen LogP contribution is 2.38. The predicted molar refractivity (Wildman–Crippen MR) is 72.3 cm³/mol. The summed E-state index contributed by atoms with van der Waals surface area (Å²) in [6.45, 7) is 2.27. The molecule has 3 unspecified atom stereocenters. The third-order valence-electron chi connectivity index (χ3n) is 4.13. The summed E-state index contributed by atoms with van der Waals surface area (Å²) >= 11 is 4.81. The Hall–Kier alpha value is -0.380. The van der Waals surface area contributed by atoms with E-state index in [4.69, 9.17) is 12.6 Å². The molecule has 2 rings (SSSR count). The Kier molecular flexibility index (Phi) is 3.12. The minimum Gasteiger partial charge on any atom is -0.341 e. The maximum Gasteiger partial charge on any atom is 0.196 e. The molecule has 2 fully saturated rings. The largest absolute Gasteiger partial charge is 0.341 e. The van der Waals surface area contributed by atoms with Crippen molar-refractivity contribution in [3.05, 3.63) is 0 Å². The smallest absolute Gasteiger partial charge is 0.196 e. The first-order valence-corrected chi connectivity index (χ1v) is 6.56. The SMILES string of the molecule is C/N=C1/N(C)C2CCCC(C)(S)CC2N1C. The van der Waals surface area contributed by atoms with E-state index in [-0.39, 0.29) is 4.75 Å². The Morgan fingerprint density at radius 2 is 1.94 bits per heavy atom. The van der Waals surface area contributed by atoms with Crippen molar-refractivity contribution in [3.63, 3.8) is 0 Å². The molecule has 16 heavy (non-hydrogen) atoms. The average Bonchev–Trinajstić information content (AvgIpc) is 2.37. The summed E-state index contributed by atoms with van der Waals surface area (Å²) < 4.78 is 0.178. The summed E-state index contributed by atoms with van der Waals surface area (Å²) in [4.78, 5) is 9.08. The molecule has 1 saturated carbocycles. The first-order valence-electron chi connectivity index (χ1n) is 6.11. The summed E-state index contributed by atoms with van der Waals surface area (Å²) in [6, 6.07) is 1.20. The Bertz CT molecular complexity index is 301. The molecule has 3 nitrogen and oxygen atoms in total. The minimum absolute atomic E-state index is 0.178. The Labute approximate surface area is 104 Å². The van der Waals surface area contributed by atoms with Gasteiger partial charge < -0.3 is 9.80 Å². The standard InChI is InChI=1S/C12H23N3S/c1-12(16)7-5-6-9-10(8-12)15(4)11(13-2)14(9)3/h9-10,16H,5-8H2,1-4H3/b13-11-. The zero-order valence-corrected chi connectivity index (χ0v) is 11.7. The molecule has 0 N–H and O–H groups in total. The Morgan fingerprint density at radius 3 is 2.56 bits per heavy atom. The lowest BCUT2D eigenvalue weighted by atomic mass is 9.97. The highest BCUT2D eigenvalue weighted by atomic mass is 32.1. The van der Waals surface area contributed by atoms with E-state index in [0.29, 0.717) is 12.1 Å². The average molecular weight is 241 g/mol. The molecule has 0 aromatic rings. The number of hydrogen-bond donors (Lipinski definition) is 1. The number of fused-ring (bicyclic) bond motifs is 1. The van der Waals surface area contributed by atoms with Crippen molar-refractivity contribution in [2.75, 3.05) is 21.1 Å². The Morgan fingerprint density at radius 1 is 1.31 bits per heavy atom. The lowest BCUT2D eigenvalue weighted by Gasteiger charge is -2.29. The third-order valence-corrected chi connectivity index (χ3v) is 4.54. The van der Waals surface area contributed by atoms with Crippen LogP contribution in [0.4, 0.5) is 0 Å².